The molecule has 0 bridgehead atoms. The number of hydrogen-bond donors (Lipinski definition) is 1. The summed E-state index contributed by atoms with van der Waals surface area (Å²) in [4.78, 5) is 0. The van der Waals surface area contributed by atoms with Gasteiger partial charge in [-0.2, -0.15) is 26.3 Å². The van der Waals surface area contributed by atoms with Gasteiger partial charge in [0.2, 0.25) is 0 Å². The molecule has 0 fully saturated rings. The number of allylic oxidation sites excluding steroid dienone is 3. The summed E-state index contributed by atoms with van der Waals surface area (Å²) in [6.45, 7) is 4.66. The van der Waals surface area contributed by atoms with Crippen LogP contribution in [0.3, 0.4) is 0 Å². The maximum absolute atomic E-state index is 12.4. The Kier molecular flexibility index (Phi) is 5.67. The van der Waals surface area contributed by atoms with Gasteiger partial charge in [-0.25, -0.2) is 0 Å². The van der Waals surface area contributed by atoms with E-state index in [-0.39, 0.29) is 18.1 Å². The highest BCUT2D eigenvalue weighted by molar-refractivity contribution is 5.16. The van der Waals surface area contributed by atoms with Gasteiger partial charge in [0.25, 0.3) is 5.60 Å². The van der Waals surface area contributed by atoms with E-state index >= 15 is 0 Å². The first kappa shape index (κ1) is 18.0. The van der Waals surface area contributed by atoms with E-state index in [0.717, 1.165) is 12.5 Å². The SMILES string of the molecule is CC(C)=CCC/C(C)=C/C(O)(C(F)(F)F)C(F)(F)F. The van der Waals surface area contributed by atoms with Crippen molar-refractivity contribution in [1.82, 2.24) is 0 Å². The van der Waals surface area contributed by atoms with Crippen molar-refractivity contribution >= 4 is 0 Å². The molecule has 0 saturated heterocycles. The smallest absolute Gasteiger partial charge is 0.370 e. The molecule has 0 aliphatic rings. The molecule has 0 amide bonds. The van der Waals surface area contributed by atoms with Crippen molar-refractivity contribution in [3.05, 3.63) is 23.3 Å². The summed E-state index contributed by atoms with van der Waals surface area (Å²) in [5.41, 5.74) is -4.06. The van der Waals surface area contributed by atoms with Crippen LogP contribution in [0.5, 0.6) is 0 Å². The lowest BCUT2D eigenvalue weighted by atomic mass is 9.97. The summed E-state index contributed by atoms with van der Waals surface area (Å²) >= 11 is 0. The lowest BCUT2D eigenvalue weighted by Crippen LogP contribution is -2.55. The van der Waals surface area contributed by atoms with E-state index in [0.29, 0.717) is 6.42 Å². The first-order valence-corrected chi connectivity index (χ1v) is 5.49. The van der Waals surface area contributed by atoms with Crippen LogP contribution in [0.15, 0.2) is 23.3 Å². The van der Waals surface area contributed by atoms with E-state index in [1.54, 1.807) is 19.9 Å². The molecule has 0 aromatic carbocycles. The Labute approximate surface area is 107 Å². The van der Waals surface area contributed by atoms with Gasteiger partial charge < -0.3 is 5.11 Å². The van der Waals surface area contributed by atoms with Crippen molar-refractivity contribution in [3.8, 4) is 0 Å². The third-order valence-corrected chi connectivity index (χ3v) is 2.41. The molecule has 19 heavy (non-hydrogen) atoms. The van der Waals surface area contributed by atoms with Crippen LogP contribution in [0, 0.1) is 0 Å². The Balaban J connectivity index is 5.19. The topological polar surface area (TPSA) is 20.2 Å². The highest BCUT2D eigenvalue weighted by Crippen LogP contribution is 2.44. The van der Waals surface area contributed by atoms with Crippen LogP contribution in [-0.2, 0) is 0 Å². The van der Waals surface area contributed by atoms with Crippen molar-refractivity contribution in [1.29, 1.82) is 0 Å². The van der Waals surface area contributed by atoms with Crippen molar-refractivity contribution < 1.29 is 31.4 Å². The van der Waals surface area contributed by atoms with Gasteiger partial charge in [-0.1, -0.05) is 17.2 Å². The largest absolute Gasteiger partial charge is 0.430 e. The standard InChI is InChI=1S/C12H16F6O/c1-8(2)5-4-6-9(3)7-10(19,11(13,14)15)12(16,17)18/h5,7,19H,4,6H2,1-3H3/b9-7+. The zero-order valence-electron chi connectivity index (χ0n) is 10.8. The fourth-order valence-electron chi connectivity index (χ4n) is 1.34. The van der Waals surface area contributed by atoms with E-state index in [4.69, 9.17) is 5.11 Å². The van der Waals surface area contributed by atoms with Gasteiger partial charge in [0, 0.05) is 0 Å². The Morgan fingerprint density at radius 3 is 1.68 bits per heavy atom. The van der Waals surface area contributed by atoms with Crippen LogP contribution >= 0.6 is 0 Å². The Bertz CT molecular complexity index is 343. The molecule has 7 heteroatoms. The molecule has 0 saturated carbocycles. The highest BCUT2D eigenvalue weighted by atomic mass is 19.4. The Morgan fingerprint density at radius 1 is 0.947 bits per heavy atom. The van der Waals surface area contributed by atoms with E-state index in [2.05, 4.69) is 0 Å². The third kappa shape index (κ3) is 4.89. The van der Waals surface area contributed by atoms with Crippen LogP contribution in [0.1, 0.15) is 33.6 Å². The molecule has 0 rings (SSSR count). The molecule has 0 aromatic rings. The summed E-state index contributed by atoms with van der Waals surface area (Å²) in [7, 11) is 0. The number of aliphatic hydroxyl groups is 1. The predicted molar refractivity (Wildman–Crippen MR) is 59.5 cm³/mol. The summed E-state index contributed by atoms with van der Waals surface area (Å²) in [5.74, 6) is 0. The monoisotopic (exact) mass is 290 g/mol. The quantitative estimate of drug-likeness (QED) is 0.595. The summed E-state index contributed by atoms with van der Waals surface area (Å²) in [6.07, 6.45) is -9.74. The van der Waals surface area contributed by atoms with Gasteiger partial charge in [-0.3, -0.25) is 0 Å². The first-order valence-electron chi connectivity index (χ1n) is 5.49. The molecule has 0 radical (unpaired) electrons. The number of alkyl halides is 6. The maximum atomic E-state index is 12.4. The molecule has 0 spiro atoms. The molecule has 1 nitrogen and oxygen atoms in total. The minimum Gasteiger partial charge on any atom is -0.370 e. The average molecular weight is 290 g/mol. The van der Waals surface area contributed by atoms with E-state index in [9.17, 15) is 26.3 Å². The van der Waals surface area contributed by atoms with Crippen LogP contribution < -0.4 is 0 Å². The van der Waals surface area contributed by atoms with Crippen molar-refractivity contribution in [2.45, 2.75) is 51.6 Å². The molecule has 0 atom stereocenters. The molecule has 1 N–H and O–H groups in total. The Hall–Kier alpha value is -0.980. The van der Waals surface area contributed by atoms with E-state index in [1.165, 1.54) is 0 Å². The second-order valence-corrected chi connectivity index (χ2v) is 4.57. The molecule has 0 unspecified atom stereocenters. The van der Waals surface area contributed by atoms with Crippen LogP contribution in [0.2, 0.25) is 0 Å². The maximum Gasteiger partial charge on any atom is 0.430 e. The number of halogens is 6. The molecule has 0 aromatic heterocycles. The molecule has 112 valence electrons. The van der Waals surface area contributed by atoms with Gasteiger partial charge in [0.05, 0.1) is 0 Å². The average Bonchev–Trinajstić information content (AvgIpc) is 2.12. The molecule has 0 aliphatic heterocycles. The normalized spacial score (nSPS) is 14.5. The molecular weight excluding hydrogens is 274 g/mol. The van der Waals surface area contributed by atoms with Gasteiger partial charge in [-0.15, -0.1) is 0 Å². The van der Waals surface area contributed by atoms with Crippen molar-refractivity contribution in [3.63, 3.8) is 0 Å². The number of rotatable bonds is 4. The minimum atomic E-state index is -5.80. The molecule has 0 aliphatic carbocycles. The highest BCUT2D eigenvalue weighted by Gasteiger charge is 2.69. The third-order valence-electron chi connectivity index (χ3n) is 2.41. The summed E-state index contributed by atoms with van der Waals surface area (Å²) < 4.78 is 74.3. The number of hydrogen-bond acceptors (Lipinski definition) is 1. The fourth-order valence-corrected chi connectivity index (χ4v) is 1.34. The zero-order chi connectivity index (χ0) is 15.5. The van der Waals surface area contributed by atoms with Crippen LogP contribution in [-0.4, -0.2) is 23.1 Å². The fraction of sp³-hybridized carbons (Fsp3) is 0.667. The lowest BCUT2D eigenvalue weighted by molar-refractivity contribution is -0.347. The lowest BCUT2D eigenvalue weighted by Gasteiger charge is -2.30. The minimum absolute atomic E-state index is 0.0135. The van der Waals surface area contributed by atoms with Gasteiger partial charge >= 0.3 is 12.4 Å². The van der Waals surface area contributed by atoms with E-state index in [1.807, 2.05) is 0 Å². The molecular formula is C12H16F6O. The van der Waals surface area contributed by atoms with Gasteiger partial charge in [-0.05, 0) is 39.7 Å². The summed E-state index contributed by atoms with van der Waals surface area (Å²) in [5, 5.41) is 8.92. The van der Waals surface area contributed by atoms with Crippen LogP contribution in [0.25, 0.3) is 0 Å². The van der Waals surface area contributed by atoms with Gasteiger partial charge in [0.1, 0.15) is 0 Å². The second-order valence-electron chi connectivity index (χ2n) is 4.57. The first-order chi connectivity index (χ1) is 8.31. The van der Waals surface area contributed by atoms with Gasteiger partial charge in [0.15, 0.2) is 0 Å². The van der Waals surface area contributed by atoms with E-state index < -0.39 is 18.0 Å². The zero-order valence-corrected chi connectivity index (χ0v) is 10.8. The Morgan fingerprint density at radius 2 is 1.37 bits per heavy atom. The molecule has 0 heterocycles. The van der Waals surface area contributed by atoms with Crippen LogP contribution in [0.4, 0.5) is 26.3 Å². The van der Waals surface area contributed by atoms with Crippen molar-refractivity contribution in [2.75, 3.05) is 0 Å². The predicted octanol–water partition coefficient (Wildman–Crippen LogP) is 4.53. The summed E-state index contributed by atoms with van der Waals surface area (Å²) in [6, 6.07) is 0. The second kappa shape index (κ2) is 5.98. The van der Waals surface area contributed by atoms with Crippen molar-refractivity contribution in [2.24, 2.45) is 0 Å².